The maximum Gasteiger partial charge on any atom is 0.410 e. The Hall–Kier alpha value is -3.03. The fourth-order valence-electron chi connectivity index (χ4n) is 3.64. The molecule has 1 unspecified atom stereocenters. The molecule has 2 aliphatic heterocycles. The molecule has 0 bridgehead atoms. The van der Waals surface area contributed by atoms with Gasteiger partial charge in [-0.05, 0) is 51.0 Å². The normalized spacial score (nSPS) is 19.6. The van der Waals surface area contributed by atoms with Gasteiger partial charge in [-0.3, -0.25) is 4.90 Å². The maximum absolute atomic E-state index is 12.9. The third kappa shape index (κ3) is 4.75. The number of carbonyl (C=O) groups is 3. The van der Waals surface area contributed by atoms with Crippen molar-refractivity contribution in [3.05, 3.63) is 35.9 Å². The molecule has 1 atom stereocenters. The maximum atomic E-state index is 12.9. The lowest BCUT2D eigenvalue weighted by molar-refractivity contribution is -0.134. The molecule has 8 nitrogen and oxygen atoms in total. The van der Waals surface area contributed by atoms with Crippen molar-refractivity contribution in [1.29, 1.82) is 0 Å². The van der Waals surface area contributed by atoms with E-state index in [1.165, 1.54) is 13.2 Å². The molecule has 0 aliphatic carbocycles. The lowest BCUT2D eigenvalue weighted by Gasteiger charge is -2.36. The first-order valence-electron chi connectivity index (χ1n) is 10.0. The highest BCUT2D eigenvalue weighted by molar-refractivity contribution is 5.95. The number of nitrogens with zero attached hydrogens (tertiary/aromatic N) is 3. The van der Waals surface area contributed by atoms with Crippen LogP contribution in [0.15, 0.2) is 30.3 Å². The molecule has 0 radical (unpaired) electrons. The Morgan fingerprint density at radius 2 is 1.77 bits per heavy atom. The molecule has 162 valence electrons. The van der Waals surface area contributed by atoms with Gasteiger partial charge in [-0.25, -0.2) is 14.4 Å². The summed E-state index contributed by atoms with van der Waals surface area (Å²) in [5, 5.41) is 0. The summed E-state index contributed by atoms with van der Waals surface area (Å²) >= 11 is 0. The first-order valence-corrected chi connectivity index (χ1v) is 10.0. The molecule has 3 rings (SSSR count). The van der Waals surface area contributed by atoms with E-state index >= 15 is 0 Å². The van der Waals surface area contributed by atoms with Crippen LogP contribution in [-0.4, -0.2) is 72.8 Å². The highest BCUT2D eigenvalue weighted by atomic mass is 16.6. The Balaban J connectivity index is 1.68. The van der Waals surface area contributed by atoms with Gasteiger partial charge in [0, 0.05) is 37.9 Å². The van der Waals surface area contributed by atoms with Gasteiger partial charge in [0.05, 0.1) is 13.2 Å². The quantitative estimate of drug-likeness (QED) is 0.560. The van der Waals surface area contributed by atoms with Gasteiger partial charge in [-0.15, -0.1) is 0 Å². The van der Waals surface area contributed by atoms with E-state index < -0.39 is 11.6 Å². The number of urea groups is 1. The van der Waals surface area contributed by atoms with Gasteiger partial charge in [0.25, 0.3) is 0 Å². The summed E-state index contributed by atoms with van der Waals surface area (Å²) in [4.78, 5) is 41.9. The van der Waals surface area contributed by atoms with E-state index in [4.69, 9.17) is 4.74 Å². The number of hydrogen-bond donors (Lipinski definition) is 0. The highest BCUT2D eigenvalue weighted by Gasteiger charge is 2.42. The molecule has 1 aromatic rings. The van der Waals surface area contributed by atoms with Gasteiger partial charge in [-0.1, -0.05) is 12.1 Å². The first-order chi connectivity index (χ1) is 14.1. The van der Waals surface area contributed by atoms with Crippen LogP contribution in [0, 0.1) is 0 Å². The lowest BCUT2D eigenvalue weighted by atomic mass is 10.1. The number of piperazine rings is 1. The van der Waals surface area contributed by atoms with Crippen LogP contribution in [0.2, 0.25) is 0 Å². The van der Waals surface area contributed by atoms with Crippen molar-refractivity contribution >= 4 is 29.4 Å². The molecule has 2 saturated heterocycles. The van der Waals surface area contributed by atoms with E-state index in [1.54, 1.807) is 9.80 Å². The minimum atomic E-state index is -0.548. The number of esters is 1. The van der Waals surface area contributed by atoms with E-state index in [2.05, 4.69) is 4.74 Å². The zero-order valence-corrected chi connectivity index (χ0v) is 18.2. The van der Waals surface area contributed by atoms with E-state index in [-0.39, 0.29) is 18.2 Å². The molecule has 2 heterocycles. The third-order valence-electron chi connectivity index (χ3n) is 5.17. The average molecular weight is 415 g/mol. The Labute approximate surface area is 177 Å². The number of anilines is 1. The van der Waals surface area contributed by atoms with Crippen LogP contribution in [0.1, 0.15) is 33.3 Å². The van der Waals surface area contributed by atoms with Crippen molar-refractivity contribution in [2.45, 2.75) is 39.3 Å². The Morgan fingerprint density at radius 1 is 1.10 bits per heavy atom. The second-order valence-electron chi connectivity index (χ2n) is 8.56. The molecule has 0 aromatic heterocycles. The number of carbonyl (C=O) groups excluding carboxylic acids is 3. The summed E-state index contributed by atoms with van der Waals surface area (Å²) in [6.07, 6.45) is 1.09. The van der Waals surface area contributed by atoms with Crippen LogP contribution in [0.5, 0.6) is 0 Å². The molecular weight excluding hydrogens is 386 g/mol. The average Bonchev–Trinajstić information content (AvgIpc) is 3.02. The van der Waals surface area contributed by atoms with E-state index in [1.807, 2.05) is 56.9 Å². The van der Waals surface area contributed by atoms with Crippen molar-refractivity contribution in [2.75, 3.05) is 38.2 Å². The number of fused-ring (bicyclic) bond motifs is 1. The predicted molar refractivity (Wildman–Crippen MR) is 113 cm³/mol. The number of methoxy groups -OCH3 is 1. The third-order valence-corrected chi connectivity index (χ3v) is 5.17. The van der Waals surface area contributed by atoms with Gasteiger partial charge in [0.15, 0.2) is 0 Å². The number of allylic oxidation sites excluding steroid dienone is 1. The van der Waals surface area contributed by atoms with Crippen LogP contribution >= 0.6 is 0 Å². The van der Waals surface area contributed by atoms with Gasteiger partial charge >= 0.3 is 18.1 Å². The Kier molecular flexibility index (Phi) is 6.05. The number of rotatable bonds is 3. The van der Waals surface area contributed by atoms with Gasteiger partial charge in [-0.2, -0.15) is 0 Å². The zero-order valence-electron chi connectivity index (χ0n) is 18.2. The van der Waals surface area contributed by atoms with Crippen molar-refractivity contribution < 1.29 is 23.9 Å². The smallest absolute Gasteiger partial charge is 0.410 e. The summed E-state index contributed by atoms with van der Waals surface area (Å²) in [6, 6.07) is 7.36. The zero-order chi connectivity index (χ0) is 22.1. The summed E-state index contributed by atoms with van der Waals surface area (Å²) < 4.78 is 10.1. The minimum Gasteiger partial charge on any atom is -0.466 e. The lowest BCUT2D eigenvalue weighted by Crippen LogP contribution is -2.54. The first kappa shape index (κ1) is 21.7. The summed E-state index contributed by atoms with van der Waals surface area (Å²) in [5.41, 5.74) is 1.90. The van der Waals surface area contributed by atoms with Crippen molar-refractivity contribution in [3.63, 3.8) is 0 Å². The van der Waals surface area contributed by atoms with Crippen LogP contribution < -0.4 is 4.90 Å². The van der Waals surface area contributed by atoms with E-state index in [0.29, 0.717) is 26.2 Å². The van der Waals surface area contributed by atoms with Crippen LogP contribution in [0.3, 0.4) is 0 Å². The van der Waals surface area contributed by atoms with Crippen LogP contribution in [0.4, 0.5) is 15.3 Å². The fourth-order valence-corrected chi connectivity index (χ4v) is 3.64. The molecule has 0 spiro atoms. The predicted octanol–water partition coefficient (Wildman–Crippen LogP) is 3.12. The Morgan fingerprint density at radius 3 is 2.37 bits per heavy atom. The topological polar surface area (TPSA) is 79.4 Å². The molecule has 0 N–H and O–H groups in total. The minimum absolute atomic E-state index is 0.0570. The molecule has 2 aliphatic rings. The summed E-state index contributed by atoms with van der Waals surface area (Å²) in [7, 11) is 1.34. The second kappa shape index (κ2) is 8.38. The van der Waals surface area contributed by atoms with Gasteiger partial charge < -0.3 is 19.3 Å². The largest absolute Gasteiger partial charge is 0.466 e. The molecule has 3 amide bonds. The SMILES string of the molecule is COC(=O)C=C(C)c1ccc(N2CC3CN(C(=O)OC(C)(C)C)CCN3C2=O)cc1. The molecule has 8 heteroatoms. The number of ether oxygens (including phenoxy) is 2. The van der Waals surface area contributed by atoms with E-state index in [9.17, 15) is 14.4 Å². The van der Waals surface area contributed by atoms with Crippen LogP contribution in [-0.2, 0) is 14.3 Å². The van der Waals surface area contributed by atoms with Crippen molar-refractivity contribution in [1.82, 2.24) is 9.80 Å². The van der Waals surface area contributed by atoms with Crippen molar-refractivity contribution in [3.8, 4) is 0 Å². The summed E-state index contributed by atoms with van der Waals surface area (Å²) in [5.74, 6) is -0.405. The van der Waals surface area contributed by atoms with Crippen molar-refractivity contribution in [2.24, 2.45) is 0 Å². The number of benzene rings is 1. The fraction of sp³-hybridized carbons (Fsp3) is 0.500. The Bertz CT molecular complexity index is 857. The second-order valence-corrected chi connectivity index (χ2v) is 8.56. The standard InChI is InChI=1S/C22H29N3O5/c1-15(12-19(26)29-5)16-6-8-17(9-7-16)25-14-18-13-23(10-11-24(18)20(25)27)21(28)30-22(2,3)4/h6-9,12,18H,10-11,13-14H2,1-5H3. The van der Waals surface area contributed by atoms with E-state index in [0.717, 1.165) is 16.8 Å². The highest BCUT2D eigenvalue weighted by Crippen LogP contribution is 2.28. The molecule has 0 saturated carbocycles. The monoisotopic (exact) mass is 415 g/mol. The van der Waals surface area contributed by atoms with Gasteiger partial charge in [0.2, 0.25) is 0 Å². The van der Waals surface area contributed by atoms with Gasteiger partial charge in [0.1, 0.15) is 5.60 Å². The number of amides is 3. The molecule has 30 heavy (non-hydrogen) atoms. The van der Waals surface area contributed by atoms with Crippen LogP contribution in [0.25, 0.3) is 5.57 Å². The molecular formula is C22H29N3O5. The molecule has 2 fully saturated rings. The summed E-state index contributed by atoms with van der Waals surface area (Å²) in [6.45, 7) is 9.26. The number of hydrogen-bond acceptors (Lipinski definition) is 5. The molecule has 1 aromatic carbocycles.